The maximum absolute atomic E-state index is 6.04. The molecule has 0 aliphatic rings. The quantitative estimate of drug-likeness (QED) is 0.507. The van der Waals surface area contributed by atoms with Crippen molar-refractivity contribution in [2.75, 3.05) is 5.73 Å². The molecule has 0 bridgehead atoms. The van der Waals surface area contributed by atoms with Gasteiger partial charge >= 0.3 is 0 Å². The predicted molar refractivity (Wildman–Crippen MR) is 110 cm³/mol. The zero-order valence-corrected chi connectivity index (χ0v) is 15.2. The summed E-state index contributed by atoms with van der Waals surface area (Å²) < 4.78 is 0. The zero-order chi connectivity index (χ0) is 17.8. The summed E-state index contributed by atoms with van der Waals surface area (Å²) in [7, 11) is 0. The number of nitrogens with zero attached hydrogens (tertiary/aromatic N) is 1. The second-order valence-electron chi connectivity index (χ2n) is 6.35. The van der Waals surface area contributed by atoms with Crippen molar-refractivity contribution in [3.05, 3.63) is 106 Å². The van der Waals surface area contributed by atoms with E-state index >= 15 is 0 Å². The molecule has 2 nitrogen and oxygen atoms in total. The average molecular weight is 356 g/mol. The first-order valence-electron chi connectivity index (χ1n) is 8.70. The van der Waals surface area contributed by atoms with Gasteiger partial charge in [0.05, 0.1) is 5.69 Å². The van der Waals surface area contributed by atoms with Gasteiger partial charge < -0.3 is 5.73 Å². The fourth-order valence-corrected chi connectivity index (χ4v) is 4.05. The largest absolute Gasteiger partial charge is 0.375 e. The molecular weight excluding hydrogens is 336 g/mol. The normalized spacial score (nSPS) is 10.8. The number of anilines is 1. The lowest BCUT2D eigenvalue weighted by atomic mass is 10.0. The number of hydrogen-bond donors (Lipinski definition) is 1. The second kappa shape index (κ2) is 7.54. The summed E-state index contributed by atoms with van der Waals surface area (Å²) in [4.78, 5) is 5.83. The smallest absolute Gasteiger partial charge is 0.180 e. The summed E-state index contributed by atoms with van der Waals surface area (Å²) in [6.07, 6.45) is 1.77. The van der Waals surface area contributed by atoms with Gasteiger partial charge in [0.25, 0.3) is 0 Å². The van der Waals surface area contributed by atoms with Gasteiger partial charge in [-0.1, -0.05) is 78.9 Å². The summed E-state index contributed by atoms with van der Waals surface area (Å²) >= 11 is 1.58. The molecular formula is C23H20N2S. The van der Waals surface area contributed by atoms with Crippen molar-refractivity contribution in [1.82, 2.24) is 4.98 Å². The highest BCUT2D eigenvalue weighted by molar-refractivity contribution is 7.15. The summed E-state index contributed by atoms with van der Waals surface area (Å²) in [5.41, 5.74) is 12.1. The molecule has 4 aromatic rings. The van der Waals surface area contributed by atoms with Crippen LogP contribution >= 0.6 is 11.3 Å². The highest BCUT2D eigenvalue weighted by atomic mass is 32.1. The molecule has 128 valence electrons. The predicted octanol–water partition coefficient (Wildman–Crippen LogP) is 5.57. The van der Waals surface area contributed by atoms with E-state index in [1.165, 1.54) is 21.6 Å². The summed E-state index contributed by atoms with van der Waals surface area (Å²) in [6, 6.07) is 29.6. The Hall–Kier alpha value is -2.91. The van der Waals surface area contributed by atoms with Crippen molar-refractivity contribution in [3.8, 4) is 11.3 Å². The minimum atomic E-state index is 0.624. The molecule has 1 heterocycles. The van der Waals surface area contributed by atoms with Crippen LogP contribution in [0.4, 0.5) is 5.13 Å². The van der Waals surface area contributed by atoms with E-state index in [1.54, 1.807) is 11.3 Å². The Morgan fingerprint density at radius 2 is 1.31 bits per heavy atom. The molecule has 26 heavy (non-hydrogen) atoms. The second-order valence-corrected chi connectivity index (χ2v) is 7.46. The molecule has 3 heteroatoms. The maximum atomic E-state index is 6.04. The molecule has 0 unspecified atom stereocenters. The molecule has 0 aliphatic carbocycles. The Balaban J connectivity index is 1.64. The van der Waals surface area contributed by atoms with E-state index in [0.717, 1.165) is 24.1 Å². The number of aromatic nitrogens is 1. The van der Waals surface area contributed by atoms with Crippen LogP contribution in [-0.4, -0.2) is 4.98 Å². The lowest BCUT2D eigenvalue weighted by molar-refractivity contribution is 1.18. The van der Waals surface area contributed by atoms with Crippen molar-refractivity contribution >= 4 is 16.5 Å². The highest BCUT2D eigenvalue weighted by Crippen LogP contribution is 2.32. The standard InChI is InChI=1S/C23H20N2S/c24-23-25-22(21(26-23)16-18-10-5-2-6-11-18)20-13-7-12-19(15-20)14-17-8-3-1-4-9-17/h1-13,15H,14,16H2,(H2,24,25). The Morgan fingerprint density at radius 1 is 0.692 bits per heavy atom. The van der Waals surface area contributed by atoms with Gasteiger partial charge in [-0.15, -0.1) is 11.3 Å². The Kier molecular flexibility index (Phi) is 4.80. The number of thiazole rings is 1. The molecule has 4 rings (SSSR count). The SMILES string of the molecule is Nc1nc(-c2cccc(Cc3ccccc3)c2)c(Cc2ccccc2)s1. The lowest BCUT2D eigenvalue weighted by Gasteiger charge is -2.06. The molecule has 0 saturated carbocycles. The van der Waals surface area contributed by atoms with Crippen LogP contribution in [-0.2, 0) is 12.8 Å². The van der Waals surface area contributed by atoms with E-state index in [9.17, 15) is 0 Å². The van der Waals surface area contributed by atoms with Gasteiger partial charge in [0.2, 0.25) is 0 Å². The van der Waals surface area contributed by atoms with Gasteiger partial charge in [0.1, 0.15) is 0 Å². The molecule has 0 aliphatic heterocycles. The van der Waals surface area contributed by atoms with Crippen LogP contribution in [0, 0.1) is 0 Å². The third kappa shape index (κ3) is 3.84. The van der Waals surface area contributed by atoms with E-state index in [4.69, 9.17) is 5.73 Å². The minimum Gasteiger partial charge on any atom is -0.375 e. The monoisotopic (exact) mass is 356 g/mol. The fraction of sp³-hybridized carbons (Fsp3) is 0.0870. The lowest BCUT2D eigenvalue weighted by Crippen LogP contribution is -1.92. The van der Waals surface area contributed by atoms with Gasteiger partial charge in [-0.25, -0.2) is 4.98 Å². The first kappa shape index (κ1) is 16.6. The Bertz CT molecular complexity index is 991. The van der Waals surface area contributed by atoms with Crippen LogP contribution in [0.25, 0.3) is 11.3 Å². The number of nitrogen functional groups attached to an aromatic ring is 1. The van der Waals surface area contributed by atoms with Crippen LogP contribution in [0.1, 0.15) is 21.6 Å². The average Bonchev–Trinajstić information content (AvgIpc) is 3.04. The van der Waals surface area contributed by atoms with Crippen molar-refractivity contribution < 1.29 is 0 Å². The van der Waals surface area contributed by atoms with Crippen molar-refractivity contribution in [2.45, 2.75) is 12.8 Å². The van der Waals surface area contributed by atoms with E-state index in [2.05, 4.69) is 77.8 Å². The van der Waals surface area contributed by atoms with Gasteiger partial charge in [0, 0.05) is 16.9 Å². The number of rotatable bonds is 5. The molecule has 0 spiro atoms. The molecule has 3 aromatic carbocycles. The Labute approximate surface area is 158 Å². The summed E-state index contributed by atoms with van der Waals surface area (Å²) in [5.74, 6) is 0. The maximum Gasteiger partial charge on any atom is 0.180 e. The first-order chi connectivity index (χ1) is 12.8. The van der Waals surface area contributed by atoms with Gasteiger partial charge in [-0.2, -0.15) is 0 Å². The molecule has 2 N–H and O–H groups in total. The van der Waals surface area contributed by atoms with Gasteiger partial charge in [0.15, 0.2) is 5.13 Å². The van der Waals surface area contributed by atoms with E-state index < -0.39 is 0 Å². The van der Waals surface area contributed by atoms with Crippen LogP contribution in [0.3, 0.4) is 0 Å². The third-order valence-corrected chi connectivity index (χ3v) is 5.26. The highest BCUT2D eigenvalue weighted by Gasteiger charge is 2.13. The van der Waals surface area contributed by atoms with E-state index in [0.29, 0.717) is 5.13 Å². The van der Waals surface area contributed by atoms with Crippen molar-refractivity contribution in [1.29, 1.82) is 0 Å². The molecule has 1 aromatic heterocycles. The zero-order valence-electron chi connectivity index (χ0n) is 14.4. The third-order valence-electron chi connectivity index (χ3n) is 4.37. The number of nitrogens with two attached hydrogens (primary N) is 1. The first-order valence-corrected chi connectivity index (χ1v) is 9.52. The van der Waals surface area contributed by atoms with Crippen LogP contribution in [0.2, 0.25) is 0 Å². The molecule has 0 radical (unpaired) electrons. The molecule has 0 atom stereocenters. The molecule has 0 saturated heterocycles. The van der Waals surface area contributed by atoms with Crippen LogP contribution in [0.15, 0.2) is 84.9 Å². The van der Waals surface area contributed by atoms with Gasteiger partial charge in [-0.3, -0.25) is 0 Å². The van der Waals surface area contributed by atoms with Crippen molar-refractivity contribution in [2.24, 2.45) is 0 Å². The minimum absolute atomic E-state index is 0.624. The number of benzene rings is 3. The van der Waals surface area contributed by atoms with Crippen LogP contribution < -0.4 is 5.73 Å². The topological polar surface area (TPSA) is 38.9 Å². The Morgan fingerprint density at radius 3 is 2.00 bits per heavy atom. The van der Waals surface area contributed by atoms with E-state index in [-0.39, 0.29) is 0 Å². The van der Waals surface area contributed by atoms with Gasteiger partial charge in [-0.05, 0) is 29.2 Å². The van der Waals surface area contributed by atoms with E-state index in [1.807, 2.05) is 12.1 Å². The molecule has 0 fully saturated rings. The summed E-state index contributed by atoms with van der Waals surface area (Å²) in [5, 5.41) is 0.624. The molecule has 0 amide bonds. The van der Waals surface area contributed by atoms with Crippen LogP contribution in [0.5, 0.6) is 0 Å². The van der Waals surface area contributed by atoms with Crippen molar-refractivity contribution in [3.63, 3.8) is 0 Å². The summed E-state index contributed by atoms with van der Waals surface area (Å²) in [6.45, 7) is 0. The number of hydrogen-bond acceptors (Lipinski definition) is 3. The fourth-order valence-electron chi connectivity index (χ4n) is 3.16.